The number of hydrogen-bond acceptors (Lipinski definition) is 7. The maximum atomic E-state index is 13.4. The lowest BCUT2D eigenvalue weighted by Crippen LogP contribution is -2.35. The molecule has 1 aliphatic carbocycles. The molecule has 0 atom stereocenters. The first-order valence-electron chi connectivity index (χ1n) is 11.4. The van der Waals surface area contributed by atoms with E-state index in [2.05, 4.69) is 20.6 Å². The third-order valence-electron chi connectivity index (χ3n) is 6.33. The minimum Gasteiger partial charge on any atom is -0.458 e. The Kier molecular flexibility index (Phi) is 5.01. The molecule has 2 aliphatic rings. The lowest BCUT2D eigenvalue weighted by atomic mass is 10.1. The van der Waals surface area contributed by atoms with Crippen LogP contribution in [0.5, 0.6) is 11.5 Å². The third-order valence-corrected chi connectivity index (χ3v) is 6.33. The van der Waals surface area contributed by atoms with Crippen LogP contribution in [0.3, 0.4) is 0 Å². The molecule has 0 N–H and O–H groups in total. The molecule has 0 saturated heterocycles. The Bertz CT molecular complexity index is 1680. The zero-order valence-corrected chi connectivity index (χ0v) is 19.4. The topological polar surface area (TPSA) is 111 Å². The van der Waals surface area contributed by atoms with E-state index in [1.54, 1.807) is 30.3 Å². The van der Waals surface area contributed by atoms with Crippen LogP contribution in [-0.2, 0) is 11.3 Å². The van der Waals surface area contributed by atoms with Gasteiger partial charge in [0.15, 0.2) is 17.1 Å². The van der Waals surface area contributed by atoms with Gasteiger partial charge in [0.2, 0.25) is 5.91 Å². The van der Waals surface area contributed by atoms with Crippen LogP contribution < -0.4 is 19.9 Å². The van der Waals surface area contributed by atoms with Crippen LogP contribution in [0.25, 0.3) is 22.2 Å². The molecular formula is C26H18F2N4O5. The van der Waals surface area contributed by atoms with Crippen molar-refractivity contribution in [3.63, 3.8) is 0 Å². The number of likely N-dealkylation sites (N-methyl/N-ethyl adjacent to an activating group) is 1. The summed E-state index contributed by atoms with van der Waals surface area (Å²) in [5, 5.41) is 14.1. The number of carbonyl (C=O) groups excluding carboxylic acids is 1. The van der Waals surface area contributed by atoms with Crippen molar-refractivity contribution >= 4 is 22.6 Å². The summed E-state index contributed by atoms with van der Waals surface area (Å²) in [4.78, 5) is 27.7. The molecule has 4 aromatic rings. The Labute approximate surface area is 208 Å². The Hall–Kier alpha value is -4.72. The molecule has 9 nitrogen and oxygen atoms in total. The summed E-state index contributed by atoms with van der Waals surface area (Å²) in [5.74, 6) is 0.0509. The fraction of sp³-hybridized carbons (Fsp3) is 0.231. The van der Waals surface area contributed by atoms with Crippen molar-refractivity contribution in [2.45, 2.75) is 31.6 Å². The number of carbonyl (C=O) groups is 1. The molecule has 2 aromatic heterocycles. The van der Waals surface area contributed by atoms with Gasteiger partial charge in [-0.15, -0.1) is 8.78 Å². The molecule has 3 heterocycles. The molecule has 1 fully saturated rings. The van der Waals surface area contributed by atoms with Crippen LogP contribution in [0, 0.1) is 11.3 Å². The maximum absolute atomic E-state index is 13.4. The van der Waals surface area contributed by atoms with E-state index >= 15 is 0 Å². The number of anilines is 1. The van der Waals surface area contributed by atoms with Crippen LogP contribution in [0.2, 0.25) is 0 Å². The number of aromatic nitrogens is 2. The van der Waals surface area contributed by atoms with Gasteiger partial charge in [-0.3, -0.25) is 9.59 Å². The lowest BCUT2D eigenvalue weighted by Gasteiger charge is -2.18. The molecule has 186 valence electrons. The summed E-state index contributed by atoms with van der Waals surface area (Å²) in [6.07, 6.45) is -1.85. The largest absolute Gasteiger partial charge is 0.586 e. The highest BCUT2D eigenvalue weighted by Crippen LogP contribution is 2.44. The minimum absolute atomic E-state index is 0.145. The molecule has 0 spiro atoms. The van der Waals surface area contributed by atoms with Crippen molar-refractivity contribution in [1.82, 2.24) is 9.78 Å². The van der Waals surface area contributed by atoms with Gasteiger partial charge in [0.1, 0.15) is 18.0 Å². The van der Waals surface area contributed by atoms with E-state index in [9.17, 15) is 23.6 Å². The van der Waals surface area contributed by atoms with Gasteiger partial charge in [0.25, 0.3) is 5.56 Å². The highest BCUT2D eigenvalue weighted by atomic mass is 19.3. The summed E-state index contributed by atoms with van der Waals surface area (Å²) >= 11 is 0. The first-order valence-corrected chi connectivity index (χ1v) is 11.4. The summed E-state index contributed by atoms with van der Waals surface area (Å²) in [6, 6.07) is 14.4. The predicted molar refractivity (Wildman–Crippen MR) is 126 cm³/mol. The van der Waals surface area contributed by atoms with E-state index in [0.29, 0.717) is 28.2 Å². The van der Waals surface area contributed by atoms with Crippen LogP contribution in [0.15, 0.2) is 57.7 Å². The summed E-state index contributed by atoms with van der Waals surface area (Å²) < 4.78 is 42.7. The van der Waals surface area contributed by atoms with Gasteiger partial charge in [-0.25, -0.2) is 4.68 Å². The molecule has 1 amide bonds. The number of alkyl halides is 2. The fourth-order valence-electron chi connectivity index (χ4n) is 4.22. The van der Waals surface area contributed by atoms with E-state index in [4.69, 9.17) is 4.42 Å². The van der Waals surface area contributed by atoms with Gasteiger partial charge < -0.3 is 18.8 Å². The predicted octanol–water partition coefficient (Wildman–Crippen LogP) is 4.39. The highest BCUT2D eigenvalue weighted by Gasteiger charge is 2.43. The molecule has 37 heavy (non-hydrogen) atoms. The number of hydrogen-bond donors (Lipinski definition) is 0. The van der Waals surface area contributed by atoms with Crippen molar-refractivity contribution < 1.29 is 27.5 Å². The molecule has 11 heteroatoms. The van der Waals surface area contributed by atoms with Gasteiger partial charge in [-0.05, 0) is 43.2 Å². The number of nitriles is 1. The second kappa shape index (κ2) is 8.16. The Morgan fingerprint density at radius 1 is 1.19 bits per heavy atom. The van der Waals surface area contributed by atoms with Crippen LogP contribution in [0.1, 0.15) is 30.1 Å². The molecular weight excluding hydrogens is 486 g/mol. The standard InChI is InChI=1S/C26H18F2N4O5/c1-31(17-7-8-19-21(10-17)37-26(27,28)36-19)22(33)13-32-25(34)18-11-20(15-5-6-15)35-24(18)23(30-32)16-4-2-3-14(9-16)12-29/h2-4,7-11,15H,5-6,13H2,1H3. The average molecular weight is 504 g/mol. The van der Waals surface area contributed by atoms with Gasteiger partial charge in [-0.2, -0.15) is 10.4 Å². The van der Waals surface area contributed by atoms with Crippen LogP contribution in [0.4, 0.5) is 14.5 Å². The van der Waals surface area contributed by atoms with E-state index in [1.807, 2.05) is 0 Å². The zero-order chi connectivity index (χ0) is 25.9. The fourth-order valence-corrected chi connectivity index (χ4v) is 4.22. The highest BCUT2D eigenvalue weighted by molar-refractivity contribution is 5.94. The number of nitrogens with zero attached hydrogens (tertiary/aromatic N) is 4. The second-order valence-corrected chi connectivity index (χ2v) is 8.92. The summed E-state index contributed by atoms with van der Waals surface area (Å²) in [6.45, 7) is -0.426. The normalized spacial score (nSPS) is 15.5. The monoisotopic (exact) mass is 504 g/mol. The molecule has 0 unspecified atom stereocenters. The average Bonchev–Trinajstić information content (AvgIpc) is 3.55. The van der Waals surface area contributed by atoms with Crippen molar-refractivity contribution in [2.24, 2.45) is 0 Å². The summed E-state index contributed by atoms with van der Waals surface area (Å²) in [7, 11) is 1.45. The number of benzene rings is 2. The molecule has 1 aliphatic heterocycles. The van der Waals surface area contributed by atoms with Crippen molar-refractivity contribution in [1.29, 1.82) is 5.26 Å². The lowest BCUT2D eigenvalue weighted by molar-refractivity contribution is -0.286. The number of furan rings is 1. The Balaban J connectivity index is 1.37. The zero-order valence-electron chi connectivity index (χ0n) is 19.4. The van der Waals surface area contributed by atoms with Crippen LogP contribution in [-0.4, -0.2) is 29.0 Å². The molecule has 6 rings (SSSR count). The number of amides is 1. The van der Waals surface area contributed by atoms with E-state index < -0.39 is 24.3 Å². The first kappa shape index (κ1) is 22.7. The Morgan fingerprint density at radius 3 is 2.73 bits per heavy atom. The quantitative estimate of drug-likeness (QED) is 0.396. The maximum Gasteiger partial charge on any atom is 0.586 e. The number of rotatable bonds is 5. The van der Waals surface area contributed by atoms with E-state index in [0.717, 1.165) is 17.5 Å². The molecule has 1 saturated carbocycles. The van der Waals surface area contributed by atoms with E-state index in [-0.39, 0.29) is 28.5 Å². The van der Waals surface area contributed by atoms with E-state index in [1.165, 1.54) is 30.1 Å². The number of halogens is 2. The SMILES string of the molecule is CN(C(=O)Cn1nc(-c2cccc(C#N)c2)c2oc(C3CC3)cc2c1=O)c1ccc2c(c1)OC(F)(F)O2. The van der Waals surface area contributed by atoms with Crippen LogP contribution >= 0.6 is 0 Å². The number of ether oxygens (including phenoxy) is 2. The minimum atomic E-state index is -3.78. The third kappa shape index (κ3) is 4.06. The van der Waals surface area contributed by atoms with Crippen molar-refractivity contribution in [3.05, 3.63) is 70.2 Å². The number of fused-ring (bicyclic) bond motifs is 2. The van der Waals surface area contributed by atoms with Gasteiger partial charge in [0.05, 0.1) is 17.0 Å². The van der Waals surface area contributed by atoms with Gasteiger partial charge in [-0.1, -0.05) is 12.1 Å². The van der Waals surface area contributed by atoms with Crippen molar-refractivity contribution in [3.8, 4) is 28.8 Å². The second-order valence-electron chi connectivity index (χ2n) is 8.92. The first-order chi connectivity index (χ1) is 17.7. The Morgan fingerprint density at radius 2 is 1.97 bits per heavy atom. The molecule has 0 bridgehead atoms. The molecule has 2 aromatic carbocycles. The van der Waals surface area contributed by atoms with Gasteiger partial charge in [0, 0.05) is 30.3 Å². The smallest absolute Gasteiger partial charge is 0.458 e. The summed E-state index contributed by atoms with van der Waals surface area (Å²) in [5.41, 5.74) is 1.36. The van der Waals surface area contributed by atoms with Crippen molar-refractivity contribution in [2.75, 3.05) is 11.9 Å². The molecule has 0 radical (unpaired) electrons. The van der Waals surface area contributed by atoms with Gasteiger partial charge >= 0.3 is 6.29 Å².